The number of H-pyrrole nitrogens is 1. The van der Waals surface area contributed by atoms with E-state index in [1.54, 1.807) is 0 Å². The highest BCUT2D eigenvalue weighted by Gasteiger charge is 2.28. The molecule has 0 saturated heterocycles. The number of aryl methyl sites for hydroxylation is 1. The van der Waals surface area contributed by atoms with E-state index >= 15 is 0 Å². The molecule has 1 aliphatic carbocycles. The zero-order valence-electron chi connectivity index (χ0n) is 9.53. The highest BCUT2D eigenvalue weighted by atomic mass is 32.1. The molecule has 0 radical (unpaired) electrons. The van der Waals surface area contributed by atoms with Crippen molar-refractivity contribution in [1.29, 1.82) is 0 Å². The summed E-state index contributed by atoms with van der Waals surface area (Å²) in [6.07, 6.45) is 4.34. The fourth-order valence-electron chi connectivity index (χ4n) is 2.53. The molecule has 84 valence electrons. The molecule has 0 atom stereocenters. The average Bonchev–Trinajstić information content (AvgIpc) is 2.48. The van der Waals surface area contributed by atoms with E-state index in [1.165, 1.54) is 12.8 Å². The molecule has 4 heteroatoms. The molecule has 3 nitrogen and oxygen atoms in total. The molecule has 1 N–H and O–H groups in total. The van der Waals surface area contributed by atoms with Gasteiger partial charge >= 0.3 is 0 Å². The fourth-order valence-corrected chi connectivity index (χ4v) is 2.87. The molecule has 3 rings (SSSR count). The zero-order chi connectivity index (χ0) is 11.3. The number of nitrogens with zero attached hydrogens (tertiary/aromatic N) is 2. The van der Waals surface area contributed by atoms with Crippen LogP contribution in [0.15, 0.2) is 12.3 Å². The maximum atomic E-state index is 5.38. The van der Waals surface area contributed by atoms with Gasteiger partial charge in [0, 0.05) is 12.2 Å². The Hall–Kier alpha value is -1.16. The first-order chi connectivity index (χ1) is 7.65. The molecule has 2 aromatic heterocycles. The summed E-state index contributed by atoms with van der Waals surface area (Å²) in [7, 11) is 0. The maximum absolute atomic E-state index is 5.38. The van der Waals surface area contributed by atoms with Gasteiger partial charge in [-0.1, -0.05) is 6.92 Å². The number of nitrogens with one attached hydrogen (secondary N) is 1. The Morgan fingerprint density at radius 3 is 2.94 bits per heavy atom. The Labute approximate surface area is 99.5 Å². The van der Waals surface area contributed by atoms with Gasteiger partial charge in [0.25, 0.3) is 0 Å². The molecule has 1 fully saturated rings. The van der Waals surface area contributed by atoms with Gasteiger partial charge in [-0.05, 0) is 49.5 Å². The van der Waals surface area contributed by atoms with Crippen LogP contribution in [0.1, 0.15) is 31.4 Å². The molecule has 16 heavy (non-hydrogen) atoms. The lowest BCUT2D eigenvalue weighted by Gasteiger charge is -2.33. The monoisotopic (exact) mass is 233 g/mol. The highest BCUT2D eigenvalue weighted by molar-refractivity contribution is 7.71. The third-order valence-corrected chi connectivity index (χ3v) is 3.70. The minimum Gasteiger partial charge on any atom is -0.329 e. The predicted octanol–water partition coefficient (Wildman–Crippen LogP) is 3.37. The number of aromatic amines is 1. The molecule has 2 aromatic rings. The molecule has 0 aliphatic heterocycles. The van der Waals surface area contributed by atoms with Crippen LogP contribution in [0.4, 0.5) is 0 Å². The third kappa shape index (κ3) is 1.40. The molecule has 0 spiro atoms. The van der Waals surface area contributed by atoms with Crippen LogP contribution in [0.5, 0.6) is 0 Å². The van der Waals surface area contributed by atoms with Crippen molar-refractivity contribution in [3.8, 4) is 0 Å². The van der Waals surface area contributed by atoms with E-state index in [9.17, 15) is 0 Å². The van der Waals surface area contributed by atoms with Crippen molar-refractivity contribution in [3.05, 3.63) is 22.6 Å². The average molecular weight is 233 g/mol. The number of imidazole rings is 1. The van der Waals surface area contributed by atoms with Crippen molar-refractivity contribution in [2.75, 3.05) is 0 Å². The summed E-state index contributed by atoms with van der Waals surface area (Å²) in [4.78, 5) is 7.74. The lowest BCUT2D eigenvalue weighted by molar-refractivity contribution is 0.218. The highest BCUT2D eigenvalue weighted by Crippen LogP contribution is 2.38. The molecular formula is C12H15N3S. The van der Waals surface area contributed by atoms with Crippen LogP contribution in [-0.2, 0) is 0 Å². The van der Waals surface area contributed by atoms with Gasteiger partial charge in [0.1, 0.15) is 0 Å². The fraction of sp³-hybridized carbons (Fsp3) is 0.500. The summed E-state index contributed by atoms with van der Waals surface area (Å²) in [5, 5.41) is 0. The van der Waals surface area contributed by atoms with Gasteiger partial charge in [0.05, 0.1) is 5.52 Å². The Kier molecular flexibility index (Phi) is 2.14. The summed E-state index contributed by atoms with van der Waals surface area (Å²) in [5.41, 5.74) is 3.23. The van der Waals surface area contributed by atoms with Crippen molar-refractivity contribution in [3.63, 3.8) is 0 Å². The van der Waals surface area contributed by atoms with Gasteiger partial charge in [-0.25, -0.2) is 4.98 Å². The van der Waals surface area contributed by atoms with Crippen molar-refractivity contribution in [2.24, 2.45) is 5.92 Å². The van der Waals surface area contributed by atoms with E-state index < -0.39 is 0 Å². The summed E-state index contributed by atoms with van der Waals surface area (Å²) in [5.74, 6) is 0.822. The number of pyridine rings is 1. The van der Waals surface area contributed by atoms with Gasteiger partial charge < -0.3 is 4.98 Å². The van der Waals surface area contributed by atoms with Crippen LogP contribution in [0, 0.1) is 17.6 Å². The van der Waals surface area contributed by atoms with Crippen LogP contribution in [0.25, 0.3) is 11.2 Å². The van der Waals surface area contributed by atoms with Gasteiger partial charge in [0.2, 0.25) is 0 Å². The van der Waals surface area contributed by atoms with E-state index in [1.807, 2.05) is 13.1 Å². The molecule has 2 heterocycles. The maximum Gasteiger partial charge on any atom is 0.179 e. The Bertz CT molecular complexity index is 590. The molecule has 1 saturated carbocycles. The first-order valence-corrected chi connectivity index (χ1v) is 6.13. The van der Waals surface area contributed by atoms with Crippen LogP contribution < -0.4 is 0 Å². The second kappa shape index (κ2) is 3.42. The van der Waals surface area contributed by atoms with Crippen LogP contribution in [-0.4, -0.2) is 14.5 Å². The second-order valence-electron chi connectivity index (χ2n) is 4.91. The van der Waals surface area contributed by atoms with Crippen molar-refractivity contribution >= 4 is 23.4 Å². The lowest BCUT2D eigenvalue weighted by Crippen LogP contribution is -2.24. The standard InChI is InChI=1S/C12H15N3S/c1-7-3-9(4-7)15-11-10(14-12(15)16)5-8(2)6-13-11/h5-7,9H,3-4H2,1-2H3,(H,14,16). The Morgan fingerprint density at radius 1 is 1.50 bits per heavy atom. The van der Waals surface area contributed by atoms with E-state index in [4.69, 9.17) is 12.2 Å². The van der Waals surface area contributed by atoms with Crippen LogP contribution in [0.2, 0.25) is 0 Å². The smallest absolute Gasteiger partial charge is 0.179 e. The lowest BCUT2D eigenvalue weighted by atomic mass is 9.82. The molecule has 0 amide bonds. The van der Waals surface area contributed by atoms with E-state index in [0.717, 1.165) is 27.4 Å². The quantitative estimate of drug-likeness (QED) is 0.766. The first kappa shape index (κ1) is 10.0. The second-order valence-corrected chi connectivity index (χ2v) is 5.30. The van der Waals surface area contributed by atoms with Crippen molar-refractivity contribution in [2.45, 2.75) is 32.7 Å². The summed E-state index contributed by atoms with van der Waals surface area (Å²) in [6.45, 7) is 4.33. The topological polar surface area (TPSA) is 33.6 Å². The third-order valence-electron chi connectivity index (χ3n) is 3.41. The van der Waals surface area contributed by atoms with E-state index in [2.05, 4.69) is 27.5 Å². The normalized spacial score (nSPS) is 24.6. The van der Waals surface area contributed by atoms with Crippen LogP contribution >= 0.6 is 12.2 Å². The minimum atomic E-state index is 0.548. The Morgan fingerprint density at radius 2 is 2.25 bits per heavy atom. The molecular weight excluding hydrogens is 218 g/mol. The molecule has 0 bridgehead atoms. The Balaban J connectivity index is 2.17. The summed E-state index contributed by atoms with van der Waals surface area (Å²) < 4.78 is 2.99. The molecule has 1 aliphatic rings. The number of rotatable bonds is 1. The van der Waals surface area contributed by atoms with Gasteiger partial charge in [0.15, 0.2) is 10.4 Å². The predicted molar refractivity (Wildman–Crippen MR) is 67.1 cm³/mol. The molecule has 0 aromatic carbocycles. The van der Waals surface area contributed by atoms with E-state index in [0.29, 0.717) is 6.04 Å². The number of aromatic nitrogens is 3. The van der Waals surface area contributed by atoms with Crippen molar-refractivity contribution in [1.82, 2.24) is 14.5 Å². The number of hydrogen-bond acceptors (Lipinski definition) is 2. The largest absolute Gasteiger partial charge is 0.329 e. The minimum absolute atomic E-state index is 0.548. The summed E-state index contributed by atoms with van der Waals surface area (Å²) in [6, 6.07) is 2.66. The van der Waals surface area contributed by atoms with Crippen molar-refractivity contribution < 1.29 is 0 Å². The van der Waals surface area contributed by atoms with E-state index in [-0.39, 0.29) is 0 Å². The SMILES string of the molecule is Cc1cnc2c(c1)[nH]c(=S)n2C1CC(C)C1. The van der Waals surface area contributed by atoms with Gasteiger partial charge in [-0.15, -0.1) is 0 Å². The number of hydrogen-bond donors (Lipinski definition) is 1. The molecule has 0 unspecified atom stereocenters. The zero-order valence-corrected chi connectivity index (χ0v) is 10.3. The summed E-state index contributed by atoms with van der Waals surface area (Å²) >= 11 is 5.38. The first-order valence-electron chi connectivity index (χ1n) is 5.72. The van der Waals surface area contributed by atoms with Crippen LogP contribution in [0.3, 0.4) is 0 Å². The van der Waals surface area contributed by atoms with Gasteiger partial charge in [-0.3, -0.25) is 4.57 Å². The number of fused-ring (bicyclic) bond motifs is 1. The van der Waals surface area contributed by atoms with Gasteiger partial charge in [-0.2, -0.15) is 0 Å².